The number of carbonyl (C=O) groups is 2. The van der Waals surface area contributed by atoms with Crippen molar-refractivity contribution in [3.8, 4) is 0 Å². The van der Waals surface area contributed by atoms with Crippen LogP contribution in [0.1, 0.15) is 53.9 Å². The van der Waals surface area contributed by atoms with Crippen LogP contribution in [0.2, 0.25) is 0 Å². The molecule has 1 amide bonds. The summed E-state index contributed by atoms with van der Waals surface area (Å²) in [6.45, 7) is 11.7. The second-order valence-corrected chi connectivity index (χ2v) is 9.65. The van der Waals surface area contributed by atoms with Gasteiger partial charge in [-0.2, -0.15) is 0 Å². The topological polar surface area (TPSA) is 69.7 Å². The molecule has 28 heavy (non-hydrogen) atoms. The van der Waals surface area contributed by atoms with E-state index in [-0.39, 0.29) is 11.3 Å². The van der Waals surface area contributed by atoms with E-state index in [4.69, 9.17) is 4.74 Å². The maximum absolute atomic E-state index is 13.0. The van der Waals surface area contributed by atoms with Crippen molar-refractivity contribution in [2.24, 2.45) is 17.3 Å². The van der Waals surface area contributed by atoms with E-state index >= 15 is 0 Å². The van der Waals surface area contributed by atoms with E-state index in [1.807, 2.05) is 6.08 Å². The third kappa shape index (κ3) is 3.95. The van der Waals surface area contributed by atoms with Crippen LogP contribution in [0, 0.1) is 17.3 Å². The normalized spacial score (nSPS) is 31.5. The summed E-state index contributed by atoms with van der Waals surface area (Å²) in [7, 11) is 0. The van der Waals surface area contributed by atoms with Crippen molar-refractivity contribution in [1.82, 2.24) is 4.90 Å². The lowest BCUT2D eigenvalue weighted by Crippen LogP contribution is -2.45. The Hall–Kier alpha value is -1.88. The number of carboxylic acid groups (broad SMARTS) is 1. The van der Waals surface area contributed by atoms with Crippen molar-refractivity contribution in [3.63, 3.8) is 0 Å². The Bertz CT molecular complexity index is 744. The summed E-state index contributed by atoms with van der Waals surface area (Å²) >= 11 is 0. The molecule has 0 radical (unpaired) electrons. The molecule has 1 spiro atoms. The number of rotatable bonds is 8. The number of carbonyl (C=O) groups excluding carboxylic acids is 2. The van der Waals surface area contributed by atoms with E-state index in [9.17, 15) is 14.7 Å². The zero-order valence-electron chi connectivity index (χ0n) is 17.7. The Morgan fingerprint density at radius 2 is 2.07 bits per heavy atom. The molecule has 2 bridgehead atoms. The van der Waals surface area contributed by atoms with Crippen LogP contribution < -0.4 is 5.11 Å². The molecule has 2 fully saturated rings. The molecule has 0 unspecified atom stereocenters. The molecule has 2 saturated heterocycles. The second-order valence-electron chi connectivity index (χ2n) is 9.65. The lowest BCUT2D eigenvalue weighted by molar-refractivity contribution is -0.313. The molecule has 0 aromatic rings. The summed E-state index contributed by atoms with van der Waals surface area (Å²) in [6, 6.07) is 0. The van der Waals surface area contributed by atoms with Gasteiger partial charge in [0.15, 0.2) is 0 Å². The molecule has 3 rings (SSSR count). The number of allylic oxidation sites excluding steroid dienone is 4. The quantitative estimate of drug-likeness (QED) is 0.601. The summed E-state index contributed by atoms with van der Waals surface area (Å²) in [5, 5.41) is 11.6. The number of carboxylic acids is 1. The van der Waals surface area contributed by atoms with Gasteiger partial charge in [0, 0.05) is 18.4 Å². The van der Waals surface area contributed by atoms with Gasteiger partial charge in [-0.1, -0.05) is 49.3 Å². The minimum Gasteiger partial charge on any atom is -0.550 e. The first kappa shape index (κ1) is 20.8. The van der Waals surface area contributed by atoms with Gasteiger partial charge in [0.05, 0.1) is 18.6 Å². The highest BCUT2D eigenvalue weighted by Crippen LogP contribution is 2.52. The Balaban J connectivity index is 1.62. The zero-order chi connectivity index (χ0) is 20.7. The first-order valence-electron chi connectivity index (χ1n) is 10.2. The van der Waals surface area contributed by atoms with Crippen LogP contribution in [0.15, 0.2) is 35.5 Å². The molecule has 3 aliphatic rings. The van der Waals surface area contributed by atoms with E-state index in [0.717, 1.165) is 19.3 Å². The molecule has 0 aromatic carbocycles. The van der Waals surface area contributed by atoms with E-state index in [2.05, 4.69) is 46.8 Å². The second kappa shape index (κ2) is 7.51. The average Bonchev–Trinajstić information content (AvgIpc) is 3.21. The maximum Gasteiger partial charge on any atom is 0.229 e. The molecule has 0 aliphatic carbocycles. The summed E-state index contributed by atoms with van der Waals surface area (Å²) < 4.78 is 5.92. The number of fused-ring (bicyclic) bond motifs is 1. The Labute approximate surface area is 168 Å². The molecule has 5 heteroatoms. The van der Waals surface area contributed by atoms with Gasteiger partial charge in [-0.3, -0.25) is 4.79 Å². The van der Waals surface area contributed by atoms with Gasteiger partial charge in [-0.15, -0.1) is 0 Å². The number of hydrogen-bond acceptors (Lipinski definition) is 4. The predicted octanol–water partition coefficient (Wildman–Crippen LogP) is 2.63. The Morgan fingerprint density at radius 1 is 1.36 bits per heavy atom. The van der Waals surface area contributed by atoms with E-state index in [0.29, 0.717) is 13.1 Å². The highest BCUT2D eigenvalue weighted by Gasteiger charge is 2.65. The van der Waals surface area contributed by atoms with Crippen LogP contribution >= 0.6 is 0 Å². The first-order chi connectivity index (χ1) is 13.0. The fraction of sp³-hybridized carbons (Fsp3) is 0.652. The molecule has 0 aromatic heterocycles. The number of ether oxygens (including phenoxy) is 1. The average molecular weight is 387 g/mol. The van der Waals surface area contributed by atoms with Crippen LogP contribution in [0.4, 0.5) is 0 Å². The SMILES string of the molecule is CC(C)=CCC/C(C)=C/CC(C)(C)CN1C[C@]23C=C[C@H](O2)[C@@H](C(=O)[O-])[C@@H]3C1=O. The number of nitrogens with zero attached hydrogens (tertiary/aromatic N) is 1. The molecular formula is C23H32NO4-. The highest BCUT2D eigenvalue weighted by molar-refractivity contribution is 5.90. The van der Waals surface area contributed by atoms with E-state index in [1.165, 1.54) is 11.1 Å². The van der Waals surface area contributed by atoms with Crippen LogP contribution in [0.25, 0.3) is 0 Å². The van der Waals surface area contributed by atoms with Gasteiger partial charge in [-0.25, -0.2) is 0 Å². The van der Waals surface area contributed by atoms with E-state index in [1.54, 1.807) is 11.0 Å². The minimum absolute atomic E-state index is 0.0958. The molecule has 154 valence electrons. The third-order valence-electron chi connectivity index (χ3n) is 6.16. The van der Waals surface area contributed by atoms with Gasteiger partial charge in [-0.05, 0) is 45.4 Å². The van der Waals surface area contributed by atoms with Crippen molar-refractivity contribution in [1.29, 1.82) is 0 Å². The molecule has 0 saturated carbocycles. The lowest BCUT2D eigenvalue weighted by Gasteiger charge is -2.31. The van der Waals surface area contributed by atoms with Crippen molar-refractivity contribution < 1.29 is 19.4 Å². The zero-order valence-corrected chi connectivity index (χ0v) is 17.7. The van der Waals surface area contributed by atoms with Gasteiger partial charge >= 0.3 is 0 Å². The standard InChI is InChI=1S/C23H33NO4/c1-15(2)7-6-8-16(3)9-11-22(4,5)13-24-14-23-12-10-17(28-23)18(21(26)27)19(23)20(24)25/h7,9-10,12,17-19H,6,8,11,13-14H2,1-5H3,(H,26,27)/p-1/b16-9+/t17-,18+,19+,23-/m0/s1. The Kier molecular flexibility index (Phi) is 5.59. The lowest BCUT2D eigenvalue weighted by atomic mass is 9.77. The van der Waals surface area contributed by atoms with Crippen LogP contribution in [0.5, 0.6) is 0 Å². The van der Waals surface area contributed by atoms with Crippen LogP contribution in [-0.2, 0) is 14.3 Å². The van der Waals surface area contributed by atoms with Crippen LogP contribution in [0.3, 0.4) is 0 Å². The summed E-state index contributed by atoms with van der Waals surface area (Å²) in [5.41, 5.74) is 1.82. The number of hydrogen-bond donors (Lipinski definition) is 0. The summed E-state index contributed by atoms with van der Waals surface area (Å²) in [4.78, 5) is 26.4. The monoisotopic (exact) mass is 386 g/mol. The van der Waals surface area contributed by atoms with Gasteiger partial charge in [0.1, 0.15) is 5.60 Å². The third-order valence-corrected chi connectivity index (χ3v) is 6.16. The van der Waals surface area contributed by atoms with Crippen molar-refractivity contribution in [2.75, 3.05) is 13.1 Å². The molecule has 4 atom stereocenters. The predicted molar refractivity (Wildman–Crippen MR) is 106 cm³/mol. The largest absolute Gasteiger partial charge is 0.550 e. The molecule has 3 heterocycles. The van der Waals surface area contributed by atoms with E-state index < -0.39 is 29.5 Å². The maximum atomic E-state index is 13.0. The minimum atomic E-state index is -1.19. The smallest absolute Gasteiger partial charge is 0.229 e. The molecule has 0 N–H and O–H groups in total. The van der Waals surface area contributed by atoms with Gasteiger partial charge in [0.25, 0.3) is 0 Å². The van der Waals surface area contributed by atoms with Crippen LogP contribution in [-0.4, -0.2) is 41.6 Å². The number of amides is 1. The van der Waals surface area contributed by atoms with Crippen molar-refractivity contribution in [2.45, 2.75) is 65.6 Å². The first-order valence-corrected chi connectivity index (χ1v) is 10.2. The molecular weight excluding hydrogens is 354 g/mol. The Morgan fingerprint density at radius 3 is 2.71 bits per heavy atom. The number of likely N-dealkylation sites (tertiary alicyclic amines) is 1. The summed E-state index contributed by atoms with van der Waals surface area (Å²) in [5.74, 6) is -2.82. The highest BCUT2D eigenvalue weighted by atomic mass is 16.5. The van der Waals surface area contributed by atoms with Gasteiger partial charge in [0.2, 0.25) is 5.91 Å². The van der Waals surface area contributed by atoms with Crippen molar-refractivity contribution >= 4 is 11.9 Å². The molecule has 5 nitrogen and oxygen atoms in total. The fourth-order valence-corrected chi connectivity index (χ4v) is 4.70. The number of aliphatic carboxylic acids is 1. The fourth-order valence-electron chi connectivity index (χ4n) is 4.70. The molecule has 3 aliphatic heterocycles. The van der Waals surface area contributed by atoms with Gasteiger partial charge < -0.3 is 19.5 Å². The summed E-state index contributed by atoms with van der Waals surface area (Å²) in [6.07, 6.45) is 10.6. The van der Waals surface area contributed by atoms with Crippen molar-refractivity contribution in [3.05, 3.63) is 35.5 Å².